The van der Waals surface area contributed by atoms with Crippen LogP contribution in [0.3, 0.4) is 0 Å². The van der Waals surface area contributed by atoms with Gasteiger partial charge >= 0.3 is 0 Å². The minimum absolute atomic E-state index is 0.979. The van der Waals surface area contributed by atoms with Crippen LogP contribution < -0.4 is 0 Å². The molecule has 0 saturated carbocycles. The molecule has 0 radical (unpaired) electrons. The highest BCUT2D eigenvalue weighted by atomic mass is 32.1. The van der Waals surface area contributed by atoms with E-state index >= 15 is 0 Å². The van der Waals surface area contributed by atoms with Crippen molar-refractivity contribution in [2.45, 2.75) is 6.92 Å². The van der Waals surface area contributed by atoms with Crippen LogP contribution in [0, 0.1) is 6.92 Å². The van der Waals surface area contributed by atoms with Crippen molar-refractivity contribution in [3.8, 4) is 10.4 Å². The van der Waals surface area contributed by atoms with Crippen LogP contribution in [-0.2, 0) is 0 Å². The van der Waals surface area contributed by atoms with Gasteiger partial charge in [0.1, 0.15) is 0 Å². The van der Waals surface area contributed by atoms with E-state index in [2.05, 4.69) is 48.5 Å². The van der Waals surface area contributed by atoms with E-state index in [0.717, 1.165) is 21.4 Å². The molecule has 0 bridgehead atoms. The molecule has 3 aromatic rings. The summed E-state index contributed by atoms with van der Waals surface area (Å²) in [6.45, 7) is 2.07. The number of hydrogen-bond acceptors (Lipinski definition) is 3. The van der Waals surface area contributed by atoms with Crippen LogP contribution in [0.5, 0.6) is 0 Å². The summed E-state index contributed by atoms with van der Waals surface area (Å²) in [4.78, 5) is 1.14. The van der Waals surface area contributed by atoms with Crippen molar-refractivity contribution < 1.29 is 5.21 Å². The van der Waals surface area contributed by atoms with E-state index in [1.54, 1.807) is 11.3 Å². The molecule has 0 aliphatic rings. The lowest BCUT2D eigenvalue weighted by Crippen LogP contribution is -1.83. The summed E-state index contributed by atoms with van der Waals surface area (Å²) in [5.41, 5.74) is 3.37. The van der Waals surface area contributed by atoms with Gasteiger partial charge in [-0.1, -0.05) is 53.2 Å². The molecule has 0 fully saturated rings. The Morgan fingerprint density at radius 2 is 1.79 bits per heavy atom. The molecule has 3 heteroatoms. The topological polar surface area (TPSA) is 32.6 Å². The average Bonchev–Trinajstić information content (AvgIpc) is 2.79. The Hall–Kier alpha value is -2.13. The molecule has 0 atom stereocenters. The molecule has 94 valence electrons. The second-order valence-electron chi connectivity index (χ2n) is 4.45. The molecular weight excluding hydrogens is 254 g/mol. The summed E-state index contributed by atoms with van der Waals surface area (Å²) < 4.78 is 1.20. The van der Waals surface area contributed by atoms with E-state index in [9.17, 15) is 0 Å². The molecule has 3 rings (SSSR count). The third-order valence-corrected chi connectivity index (χ3v) is 4.37. The van der Waals surface area contributed by atoms with Gasteiger partial charge in [0.05, 0.1) is 6.21 Å². The molecule has 1 aromatic heterocycles. The molecule has 0 aliphatic carbocycles. The number of nitrogens with zero attached hydrogens (tertiary/aromatic N) is 1. The SMILES string of the molecule is Cc1ccc(-c2sc3ccccc3c2/C=N/O)cc1. The first-order valence-corrected chi connectivity index (χ1v) is 6.87. The molecule has 1 heterocycles. The maximum Gasteiger partial charge on any atom is 0.0754 e. The van der Waals surface area contributed by atoms with Crippen molar-refractivity contribution in [3.63, 3.8) is 0 Å². The molecular formula is C16H13NOS. The van der Waals surface area contributed by atoms with E-state index in [-0.39, 0.29) is 0 Å². The molecule has 2 nitrogen and oxygen atoms in total. The Labute approximate surface area is 115 Å². The first-order chi connectivity index (χ1) is 9.29. The van der Waals surface area contributed by atoms with Crippen molar-refractivity contribution in [1.82, 2.24) is 0 Å². The summed E-state index contributed by atoms with van der Waals surface area (Å²) in [5.74, 6) is 0. The monoisotopic (exact) mass is 267 g/mol. The number of fused-ring (bicyclic) bond motifs is 1. The molecule has 0 saturated heterocycles. The quantitative estimate of drug-likeness (QED) is 0.408. The Morgan fingerprint density at radius 3 is 2.53 bits per heavy atom. The lowest BCUT2D eigenvalue weighted by molar-refractivity contribution is 0.322. The highest BCUT2D eigenvalue weighted by Crippen LogP contribution is 2.37. The van der Waals surface area contributed by atoms with Crippen molar-refractivity contribution in [3.05, 3.63) is 59.7 Å². The highest BCUT2D eigenvalue weighted by Gasteiger charge is 2.11. The minimum Gasteiger partial charge on any atom is -0.411 e. The molecule has 0 aliphatic heterocycles. The Balaban J connectivity index is 2.27. The Morgan fingerprint density at radius 1 is 1.05 bits per heavy atom. The molecule has 2 aromatic carbocycles. The number of aryl methyl sites for hydroxylation is 1. The molecule has 0 amide bonds. The largest absolute Gasteiger partial charge is 0.411 e. The smallest absolute Gasteiger partial charge is 0.0754 e. The van der Waals surface area contributed by atoms with Gasteiger partial charge in [0, 0.05) is 20.5 Å². The van der Waals surface area contributed by atoms with Crippen LogP contribution >= 0.6 is 11.3 Å². The lowest BCUT2D eigenvalue weighted by Gasteiger charge is -2.00. The molecule has 1 N–H and O–H groups in total. The number of thiophene rings is 1. The van der Waals surface area contributed by atoms with E-state index in [1.807, 2.05) is 12.1 Å². The third-order valence-electron chi connectivity index (χ3n) is 3.13. The van der Waals surface area contributed by atoms with E-state index in [1.165, 1.54) is 16.5 Å². The van der Waals surface area contributed by atoms with Crippen molar-refractivity contribution >= 4 is 27.6 Å². The first-order valence-electron chi connectivity index (χ1n) is 6.05. The molecule has 0 unspecified atom stereocenters. The summed E-state index contributed by atoms with van der Waals surface area (Å²) in [6.07, 6.45) is 1.52. The van der Waals surface area contributed by atoms with Crippen LogP contribution in [0.25, 0.3) is 20.5 Å². The van der Waals surface area contributed by atoms with Crippen LogP contribution in [0.4, 0.5) is 0 Å². The van der Waals surface area contributed by atoms with Gasteiger partial charge in [-0.05, 0) is 18.6 Å². The first kappa shape index (κ1) is 11.9. The molecule has 0 spiro atoms. The number of rotatable bonds is 2. The van der Waals surface area contributed by atoms with Gasteiger partial charge in [0.25, 0.3) is 0 Å². The summed E-state index contributed by atoms with van der Waals surface area (Å²) >= 11 is 1.72. The fourth-order valence-electron chi connectivity index (χ4n) is 2.17. The van der Waals surface area contributed by atoms with E-state index in [0.29, 0.717) is 0 Å². The molecule has 19 heavy (non-hydrogen) atoms. The maximum absolute atomic E-state index is 8.89. The predicted octanol–water partition coefficient (Wildman–Crippen LogP) is 4.68. The van der Waals surface area contributed by atoms with Gasteiger partial charge in [-0.3, -0.25) is 0 Å². The zero-order valence-corrected chi connectivity index (χ0v) is 11.3. The fraction of sp³-hybridized carbons (Fsp3) is 0.0625. The van der Waals surface area contributed by atoms with Gasteiger partial charge in [0.15, 0.2) is 0 Å². The highest BCUT2D eigenvalue weighted by molar-refractivity contribution is 7.22. The Kier molecular flexibility index (Phi) is 3.05. The second kappa shape index (κ2) is 4.86. The lowest BCUT2D eigenvalue weighted by atomic mass is 10.1. The maximum atomic E-state index is 8.89. The summed E-state index contributed by atoms with van der Waals surface area (Å²) in [7, 11) is 0. The van der Waals surface area contributed by atoms with Crippen molar-refractivity contribution in [2.24, 2.45) is 5.16 Å². The number of oxime groups is 1. The minimum atomic E-state index is 0.979. The van der Waals surface area contributed by atoms with Gasteiger partial charge in [-0.2, -0.15) is 0 Å². The normalized spacial score (nSPS) is 11.4. The van der Waals surface area contributed by atoms with Crippen LogP contribution in [-0.4, -0.2) is 11.4 Å². The number of benzene rings is 2. The predicted molar refractivity (Wildman–Crippen MR) is 81.4 cm³/mol. The van der Waals surface area contributed by atoms with Crippen LogP contribution in [0.2, 0.25) is 0 Å². The zero-order valence-electron chi connectivity index (χ0n) is 10.5. The summed E-state index contributed by atoms with van der Waals surface area (Å²) in [5, 5.41) is 13.2. The zero-order chi connectivity index (χ0) is 13.2. The second-order valence-corrected chi connectivity index (χ2v) is 5.50. The summed E-state index contributed by atoms with van der Waals surface area (Å²) in [6, 6.07) is 16.6. The van der Waals surface area contributed by atoms with Gasteiger partial charge < -0.3 is 5.21 Å². The fourth-order valence-corrected chi connectivity index (χ4v) is 3.35. The van der Waals surface area contributed by atoms with Gasteiger partial charge in [-0.15, -0.1) is 11.3 Å². The van der Waals surface area contributed by atoms with E-state index in [4.69, 9.17) is 5.21 Å². The van der Waals surface area contributed by atoms with Crippen LogP contribution in [0.1, 0.15) is 11.1 Å². The third kappa shape index (κ3) is 2.13. The van der Waals surface area contributed by atoms with E-state index < -0.39 is 0 Å². The van der Waals surface area contributed by atoms with Crippen molar-refractivity contribution in [1.29, 1.82) is 0 Å². The van der Waals surface area contributed by atoms with Crippen molar-refractivity contribution in [2.75, 3.05) is 0 Å². The van der Waals surface area contributed by atoms with Crippen LogP contribution in [0.15, 0.2) is 53.7 Å². The van der Waals surface area contributed by atoms with Gasteiger partial charge in [-0.25, -0.2) is 0 Å². The standard InChI is InChI=1S/C16H13NOS/c1-11-6-8-12(9-7-11)16-14(10-17-18)13-4-2-3-5-15(13)19-16/h2-10,18H,1H3/b17-10+. The van der Waals surface area contributed by atoms with Gasteiger partial charge in [0.2, 0.25) is 0 Å². The average molecular weight is 267 g/mol. The Bertz CT molecular complexity index is 741. The number of hydrogen-bond donors (Lipinski definition) is 1.